The van der Waals surface area contributed by atoms with Gasteiger partial charge < -0.3 is 10.6 Å². The first-order valence-electron chi connectivity index (χ1n) is 7.29. The number of hydrogen-bond acceptors (Lipinski definition) is 2. The smallest absolute Gasteiger partial charge is 0.0399 e. The number of fused-ring (bicyclic) bond motifs is 1. The van der Waals surface area contributed by atoms with Gasteiger partial charge in [0.25, 0.3) is 0 Å². The Morgan fingerprint density at radius 2 is 2.00 bits per heavy atom. The van der Waals surface area contributed by atoms with Crippen molar-refractivity contribution in [3.8, 4) is 0 Å². The molecule has 1 heterocycles. The maximum Gasteiger partial charge on any atom is 0.0399 e. The van der Waals surface area contributed by atoms with E-state index in [4.69, 9.17) is 5.73 Å². The molecule has 0 radical (unpaired) electrons. The van der Waals surface area contributed by atoms with Gasteiger partial charge in [-0.1, -0.05) is 38.8 Å². The van der Waals surface area contributed by atoms with Crippen molar-refractivity contribution in [2.45, 2.75) is 46.1 Å². The van der Waals surface area contributed by atoms with Crippen LogP contribution in [-0.4, -0.2) is 13.1 Å². The van der Waals surface area contributed by atoms with Crippen LogP contribution in [0.3, 0.4) is 0 Å². The van der Waals surface area contributed by atoms with E-state index in [1.807, 2.05) is 0 Å². The summed E-state index contributed by atoms with van der Waals surface area (Å²) < 4.78 is 0. The molecule has 2 rings (SSSR count). The molecule has 0 aliphatic carbocycles. The van der Waals surface area contributed by atoms with Gasteiger partial charge in [-0.2, -0.15) is 0 Å². The summed E-state index contributed by atoms with van der Waals surface area (Å²) in [5.74, 6) is 0.823. The molecule has 2 nitrogen and oxygen atoms in total. The summed E-state index contributed by atoms with van der Waals surface area (Å²) in [5, 5.41) is 0. The van der Waals surface area contributed by atoms with Crippen LogP contribution in [0.5, 0.6) is 0 Å². The quantitative estimate of drug-likeness (QED) is 0.861. The summed E-state index contributed by atoms with van der Waals surface area (Å²) in [5.41, 5.74) is 10.1. The number of rotatable bonds is 5. The van der Waals surface area contributed by atoms with Crippen LogP contribution in [0.4, 0.5) is 5.69 Å². The Morgan fingerprint density at radius 1 is 1.28 bits per heavy atom. The van der Waals surface area contributed by atoms with Crippen LogP contribution in [0.15, 0.2) is 18.2 Å². The van der Waals surface area contributed by atoms with Gasteiger partial charge in [-0.05, 0) is 36.5 Å². The highest BCUT2D eigenvalue weighted by molar-refractivity contribution is 5.59. The number of nitrogens with zero attached hydrogens (tertiary/aromatic N) is 1. The van der Waals surface area contributed by atoms with Crippen LogP contribution in [0, 0.1) is 5.92 Å². The fourth-order valence-electron chi connectivity index (χ4n) is 2.82. The van der Waals surface area contributed by atoms with Crippen LogP contribution < -0.4 is 10.6 Å². The minimum absolute atomic E-state index is 0.142. The lowest BCUT2D eigenvalue weighted by atomic mass is 10.0. The fraction of sp³-hybridized carbons (Fsp3) is 0.625. The molecule has 1 aromatic carbocycles. The van der Waals surface area contributed by atoms with E-state index in [0.29, 0.717) is 0 Å². The molecule has 1 aliphatic rings. The van der Waals surface area contributed by atoms with E-state index >= 15 is 0 Å². The summed E-state index contributed by atoms with van der Waals surface area (Å²) in [4.78, 5) is 2.55. The Balaban J connectivity index is 2.13. The van der Waals surface area contributed by atoms with Gasteiger partial charge in [-0.3, -0.25) is 0 Å². The number of anilines is 1. The van der Waals surface area contributed by atoms with E-state index in [1.54, 1.807) is 0 Å². The fourth-order valence-corrected chi connectivity index (χ4v) is 2.82. The summed E-state index contributed by atoms with van der Waals surface area (Å²) in [6.45, 7) is 9.03. The van der Waals surface area contributed by atoms with Crippen molar-refractivity contribution in [2.75, 3.05) is 18.0 Å². The van der Waals surface area contributed by atoms with Gasteiger partial charge in [0.15, 0.2) is 0 Å². The van der Waals surface area contributed by atoms with Crippen molar-refractivity contribution in [1.29, 1.82) is 0 Å². The second-order valence-electron chi connectivity index (χ2n) is 5.56. The standard InChI is InChI=1S/C16H26N2/c1-4-13(5-2)11-18-9-8-15-10-14(12(3)17)6-7-16(15)18/h6-7,10,12-13H,4-5,8-9,11,17H2,1-3H3. The molecule has 0 fully saturated rings. The Bertz CT molecular complexity index is 394. The molecule has 1 unspecified atom stereocenters. The van der Waals surface area contributed by atoms with Gasteiger partial charge >= 0.3 is 0 Å². The number of nitrogens with two attached hydrogens (primary N) is 1. The van der Waals surface area contributed by atoms with E-state index in [2.05, 4.69) is 43.9 Å². The summed E-state index contributed by atoms with van der Waals surface area (Å²) >= 11 is 0. The molecule has 1 aromatic rings. The van der Waals surface area contributed by atoms with Crippen LogP contribution in [-0.2, 0) is 6.42 Å². The first-order chi connectivity index (χ1) is 8.65. The highest BCUT2D eigenvalue weighted by atomic mass is 15.1. The molecule has 0 aromatic heterocycles. The van der Waals surface area contributed by atoms with Crippen LogP contribution >= 0.6 is 0 Å². The van der Waals surface area contributed by atoms with Crippen molar-refractivity contribution in [1.82, 2.24) is 0 Å². The van der Waals surface area contributed by atoms with Crippen molar-refractivity contribution in [2.24, 2.45) is 11.7 Å². The van der Waals surface area contributed by atoms with Crippen molar-refractivity contribution in [3.05, 3.63) is 29.3 Å². The molecule has 18 heavy (non-hydrogen) atoms. The van der Waals surface area contributed by atoms with E-state index in [-0.39, 0.29) is 6.04 Å². The zero-order valence-corrected chi connectivity index (χ0v) is 11.9. The largest absolute Gasteiger partial charge is 0.371 e. The Kier molecular flexibility index (Phi) is 4.28. The molecule has 0 bridgehead atoms. The maximum absolute atomic E-state index is 5.95. The lowest BCUT2D eigenvalue weighted by Gasteiger charge is -2.24. The average molecular weight is 246 g/mol. The first kappa shape index (κ1) is 13.4. The Morgan fingerprint density at radius 3 is 2.61 bits per heavy atom. The second kappa shape index (κ2) is 5.75. The number of benzene rings is 1. The van der Waals surface area contributed by atoms with Gasteiger partial charge in [-0.15, -0.1) is 0 Å². The van der Waals surface area contributed by atoms with Gasteiger partial charge in [0.2, 0.25) is 0 Å². The SMILES string of the molecule is CCC(CC)CN1CCc2cc(C(C)N)ccc21. The highest BCUT2D eigenvalue weighted by Gasteiger charge is 2.21. The minimum Gasteiger partial charge on any atom is -0.371 e. The number of hydrogen-bond donors (Lipinski definition) is 1. The third-order valence-electron chi connectivity index (χ3n) is 4.25. The molecule has 0 saturated heterocycles. The highest BCUT2D eigenvalue weighted by Crippen LogP contribution is 2.31. The van der Waals surface area contributed by atoms with Gasteiger partial charge in [0.05, 0.1) is 0 Å². The molecule has 2 heteroatoms. The summed E-state index contributed by atoms with van der Waals surface area (Å²) in [6, 6.07) is 6.90. The van der Waals surface area contributed by atoms with Gasteiger partial charge in [-0.25, -0.2) is 0 Å². The van der Waals surface area contributed by atoms with Crippen molar-refractivity contribution >= 4 is 5.69 Å². The third kappa shape index (κ3) is 2.69. The third-order valence-corrected chi connectivity index (χ3v) is 4.25. The minimum atomic E-state index is 0.142. The van der Waals surface area contributed by atoms with E-state index in [0.717, 1.165) is 5.92 Å². The predicted molar refractivity (Wildman–Crippen MR) is 79.0 cm³/mol. The lowest BCUT2D eigenvalue weighted by molar-refractivity contribution is 0.488. The molecular formula is C16H26N2. The van der Waals surface area contributed by atoms with Crippen molar-refractivity contribution < 1.29 is 0 Å². The molecule has 1 aliphatic heterocycles. The Hall–Kier alpha value is -1.02. The monoisotopic (exact) mass is 246 g/mol. The molecular weight excluding hydrogens is 220 g/mol. The normalized spacial score (nSPS) is 16.2. The van der Waals surface area contributed by atoms with E-state index in [9.17, 15) is 0 Å². The van der Waals surface area contributed by atoms with Gasteiger partial charge in [0.1, 0.15) is 0 Å². The summed E-state index contributed by atoms with van der Waals surface area (Å²) in [6.07, 6.45) is 3.73. The Labute approximate surface area is 111 Å². The molecule has 0 amide bonds. The van der Waals surface area contributed by atoms with Crippen LogP contribution in [0.25, 0.3) is 0 Å². The molecule has 2 N–H and O–H groups in total. The maximum atomic E-state index is 5.95. The zero-order chi connectivity index (χ0) is 13.1. The van der Waals surface area contributed by atoms with Crippen molar-refractivity contribution in [3.63, 3.8) is 0 Å². The zero-order valence-electron chi connectivity index (χ0n) is 11.9. The molecule has 100 valence electrons. The average Bonchev–Trinajstić information content (AvgIpc) is 2.78. The van der Waals surface area contributed by atoms with Crippen LogP contribution in [0.1, 0.15) is 50.8 Å². The van der Waals surface area contributed by atoms with E-state index < -0.39 is 0 Å². The molecule has 0 saturated carbocycles. The predicted octanol–water partition coefficient (Wildman–Crippen LogP) is 3.51. The van der Waals surface area contributed by atoms with Crippen LogP contribution in [0.2, 0.25) is 0 Å². The molecule has 0 spiro atoms. The van der Waals surface area contributed by atoms with E-state index in [1.165, 1.54) is 49.2 Å². The second-order valence-corrected chi connectivity index (χ2v) is 5.56. The van der Waals surface area contributed by atoms with Gasteiger partial charge in [0, 0.05) is 24.8 Å². The summed E-state index contributed by atoms with van der Waals surface area (Å²) in [7, 11) is 0. The topological polar surface area (TPSA) is 29.3 Å². The first-order valence-corrected chi connectivity index (χ1v) is 7.29. The molecule has 1 atom stereocenters. The lowest BCUT2D eigenvalue weighted by Crippen LogP contribution is -2.27.